The average molecular weight is 359 g/mol. The molecule has 0 radical (unpaired) electrons. The summed E-state index contributed by atoms with van der Waals surface area (Å²) in [5.74, 6) is 0. The Hall–Kier alpha value is -1.48. The van der Waals surface area contributed by atoms with Crippen molar-refractivity contribution in [3.05, 3.63) is 29.8 Å². The lowest BCUT2D eigenvalue weighted by Crippen LogP contribution is -2.53. The van der Waals surface area contributed by atoms with E-state index in [-0.39, 0.29) is 6.54 Å². The highest BCUT2D eigenvalue weighted by Crippen LogP contribution is 2.50. The van der Waals surface area contributed by atoms with Gasteiger partial charge in [-0.3, -0.25) is 0 Å². The second-order valence-corrected chi connectivity index (χ2v) is 5.58. The molecule has 0 fully saturated rings. The van der Waals surface area contributed by atoms with E-state index < -0.39 is 29.6 Å². The normalized spacial score (nSPS) is 14.6. The van der Waals surface area contributed by atoms with Crippen molar-refractivity contribution < 1.29 is 36.6 Å². The molecule has 0 amide bonds. The lowest BCUT2D eigenvalue weighted by atomic mass is 9.92. The summed E-state index contributed by atoms with van der Waals surface area (Å²) < 4.78 is 76.7. The topological polar surface area (TPSA) is 43.7 Å². The second-order valence-electron chi connectivity index (χ2n) is 5.58. The van der Waals surface area contributed by atoms with Crippen LogP contribution in [-0.4, -0.2) is 42.3 Å². The summed E-state index contributed by atoms with van der Waals surface area (Å²) in [6, 6.07) is 3.24. The number of hydrogen-bond acceptors (Lipinski definition) is 3. The summed E-state index contributed by atoms with van der Waals surface area (Å²) in [4.78, 5) is 1.50. The van der Waals surface area contributed by atoms with Crippen molar-refractivity contribution in [2.24, 2.45) is 0 Å². The van der Waals surface area contributed by atoms with Crippen LogP contribution in [0.15, 0.2) is 24.3 Å². The first-order valence-corrected chi connectivity index (χ1v) is 7.20. The van der Waals surface area contributed by atoms with E-state index in [0.29, 0.717) is 24.2 Å². The monoisotopic (exact) mass is 359 g/mol. The van der Waals surface area contributed by atoms with Crippen LogP contribution in [0.3, 0.4) is 0 Å². The van der Waals surface area contributed by atoms with Gasteiger partial charge >= 0.3 is 12.4 Å². The molecule has 3 nitrogen and oxygen atoms in total. The molecule has 138 valence electrons. The maximum Gasteiger partial charge on any atom is 0.430 e. The van der Waals surface area contributed by atoms with Crippen LogP contribution >= 0.6 is 0 Å². The van der Waals surface area contributed by atoms with Crippen LogP contribution in [0.1, 0.15) is 25.3 Å². The summed E-state index contributed by atoms with van der Waals surface area (Å²) in [5, 5.41) is 19.0. The third kappa shape index (κ3) is 4.13. The highest BCUT2D eigenvalue weighted by atomic mass is 19.4. The number of aliphatic hydroxyl groups excluding tert-OH is 1. The molecule has 0 heterocycles. The number of hydrogen-bond donors (Lipinski definition) is 2. The van der Waals surface area contributed by atoms with Gasteiger partial charge in [-0.05, 0) is 18.6 Å². The highest BCUT2D eigenvalue weighted by Gasteiger charge is 2.71. The molecule has 0 aliphatic rings. The van der Waals surface area contributed by atoms with E-state index in [1.807, 2.05) is 6.92 Å². The Labute approximate surface area is 135 Å². The maximum absolute atomic E-state index is 12.8. The molecule has 1 rings (SSSR count). The number of rotatable bonds is 6. The SMILES string of the molecule is CCCC(O)CN(C)c1ccc(C(O)(C(F)(F)F)C(F)(F)F)cc1. The van der Waals surface area contributed by atoms with Gasteiger partial charge < -0.3 is 15.1 Å². The molecule has 0 saturated heterocycles. The Morgan fingerprint density at radius 1 is 1.00 bits per heavy atom. The number of halogens is 6. The van der Waals surface area contributed by atoms with Gasteiger partial charge in [0.1, 0.15) is 0 Å². The fourth-order valence-corrected chi connectivity index (χ4v) is 2.29. The predicted octanol–water partition coefficient (Wildman–Crippen LogP) is 3.60. The summed E-state index contributed by atoms with van der Waals surface area (Å²) in [7, 11) is 1.55. The van der Waals surface area contributed by atoms with Crippen LogP contribution in [0.25, 0.3) is 0 Å². The smallest absolute Gasteiger partial charge is 0.391 e. The van der Waals surface area contributed by atoms with Crippen LogP contribution in [0.2, 0.25) is 0 Å². The van der Waals surface area contributed by atoms with Gasteiger partial charge in [-0.1, -0.05) is 25.5 Å². The van der Waals surface area contributed by atoms with Crippen molar-refractivity contribution in [2.45, 2.75) is 43.8 Å². The van der Waals surface area contributed by atoms with Crippen LogP contribution < -0.4 is 4.90 Å². The third-order valence-electron chi connectivity index (χ3n) is 3.65. The summed E-state index contributed by atoms with van der Waals surface area (Å²) in [6.07, 6.45) is -11.2. The first kappa shape index (κ1) is 20.6. The van der Waals surface area contributed by atoms with Gasteiger partial charge in [0.2, 0.25) is 0 Å². The fraction of sp³-hybridized carbons (Fsp3) is 0.600. The first-order valence-electron chi connectivity index (χ1n) is 7.20. The molecule has 9 heteroatoms. The molecule has 2 N–H and O–H groups in total. The average Bonchev–Trinajstić information content (AvgIpc) is 2.44. The molecule has 1 aromatic carbocycles. The van der Waals surface area contributed by atoms with Crippen LogP contribution in [0.5, 0.6) is 0 Å². The largest absolute Gasteiger partial charge is 0.430 e. The van der Waals surface area contributed by atoms with Crippen molar-refractivity contribution in [2.75, 3.05) is 18.5 Å². The van der Waals surface area contributed by atoms with E-state index in [1.165, 1.54) is 4.90 Å². The molecule has 0 aliphatic carbocycles. The zero-order valence-corrected chi connectivity index (χ0v) is 13.1. The van der Waals surface area contributed by atoms with E-state index in [2.05, 4.69) is 0 Å². The molecule has 1 aromatic rings. The zero-order chi connectivity index (χ0) is 18.8. The van der Waals surface area contributed by atoms with Crippen molar-refractivity contribution in [3.8, 4) is 0 Å². The summed E-state index contributed by atoms with van der Waals surface area (Å²) in [6.45, 7) is 2.04. The molecular weight excluding hydrogens is 340 g/mol. The van der Waals surface area contributed by atoms with Crippen LogP contribution in [0.4, 0.5) is 32.0 Å². The molecular formula is C15H19F6NO2. The Morgan fingerprint density at radius 2 is 1.46 bits per heavy atom. The molecule has 1 unspecified atom stereocenters. The molecule has 0 aromatic heterocycles. The van der Waals surface area contributed by atoms with Gasteiger partial charge in [-0.15, -0.1) is 0 Å². The number of anilines is 1. The number of benzene rings is 1. The van der Waals surface area contributed by atoms with E-state index in [0.717, 1.165) is 18.6 Å². The van der Waals surface area contributed by atoms with E-state index >= 15 is 0 Å². The quantitative estimate of drug-likeness (QED) is 0.763. The van der Waals surface area contributed by atoms with Crippen LogP contribution in [-0.2, 0) is 5.60 Å². The lowest BCUT2D eigenvalue weighted by molar-refractivity contribution is -0.376. The van der Waals surface area contributed by atoms with E-state index in [1.54, 1.807) is 7.05 Å². The first-order chi connectivity index (χ1) is 10.8. The van der Waals surface area contributed by atoms with Crippen molar-refractivity contribution >= 4 is 5.69 Å². The maximum atomic E-state index is 12.8. The third-order valence-corrected chi connectivity index (χ3v) is 3.65. The minimum Gasteiger partial charge on any atom is -0.391 e. The zero-order valence-electron chi connectivity index (χ0n) is 13.1. The molecule has 0 saturated carbocycles. The standard InChI is InChI=1S/C15H19F6NO2/c1-3-4-12(23)9-22(2)11-7-5-10(6-8-11)13(24,14(16,17)18)15(19,20)21/h5-8,12,23-24H,3-4,9H2,1-2H3. The molecule has 1 atom stereocenters. The van der Waals surface area contributed by atoms with Crippen LogP contribution in [0, 0.1) is 0 Å². The Bertz CT molecular complexity index is 512. The van der Waals surface area contributed by atoms with Gasteiger partial charge in [0.25, 0.3) is 5.60 Å². The highest BCUT2D eigenvalue weighted by molar-refractivity contribution is 5.48. The molecule has 0 spiro atoms. The van der Waals surface area contributed by atoms with Gasteiger partial charge in [-0.25, -0.2) is 0 Å². The summed E-state index contributed by atoms with van der Waals surface area (Å²) in [5.41, 5.74) is -5.92. The second kappa shape index (κ2) is 7.18. The summed E-state index contributed by atoms with van der Waals surface area (Å²) >= 11 is 0. The number of alkyl halides is 6. The Balaban J connectivity index is 3.09. The van der Waals surface area contributed by atoms with Gasteiger partial charge in [0.05, 0.1) is 6.10 Å². The molecule has 24 heavy (non-hydrogen) atoms. The van der Waals surface area contributed by atoms with Gasteiger partial charge in [0, 0.05) is 24.8 Å². The number of nitrogens with zero attached hydrogens (tertiary/aromatic N) is 1. The van der Waals surface area contributed by atoms with E-state index in [4.69, 9.17) is 0 Å². The lowest BCUT2D eigenvalue weighted by Gasteiger charge is -2.33. The molecule has 0 bridgehead atoms. The van der Waals surface area contributed by atoms with Crippen molar-refractivity contribution in [3.63, 3.8) is 0 Å². The minimum atomic E-state index is -5.91. The Morgan fingerprint density at radius 3 is 1.83 bits per heavy atom. The van der Waals surface area contributed by atoms with E-state index in [9.17, 15) is 36.6 Å². The van der Waals surface area contributed by atoms with Crippen molar-refractivity contribution in [1.82, 2.24) is 0 Å². The number of aliphatic hydroxyl groups is 2. The van der Waals surface area contributed by atoms with Gasteiger partial charge in [-0.2, -0.15) is 26.3 Å². The Kier molecular flexibility index (Phi) is 6.15. The minimum absolute atomic E-state index is 0.177. The van der Waals surface area contributed by atoms with Crippen molar-refractivity contribution in [1.29, 1.82) is 0 Å². The predicted molar refractivity (Wildman–Crippen MR) is 76.6 cm³/mol. The fourth-order valence-electron chi connectivity index (χ4n) is 2.29. The number of likely N-dealkylation sites (N-methyl/N-ethyl adjacent to an activating group) is 1. The van der Waals surface area contributed by atoms with Gasteiger partial charge in [0.15, 0.2) is 0 Å². The molecule has 0 aliphatic heterocycles.